The van der Waals surface area contributed by atoms with Crippen molar-refractivity contribution in [2.24, 2.45) is 0 Å². The number of nitrogen functional groups attached to an aromatic ring is 1. The normalized spacial score (nSPS) is 12.5. The molecule has 0 atom stereocenters. The summed E-state index contributed by atoms with van der Waals surface area (Å²) in [5.41, 5.74) is 2.25. The van der Waals surface area contributed by atoms with E-state index in [1.165, 1.54) is 10.9 Å². The van der Waals surface area contributed by atoms with Crippen LogP contribution in [0.4, 0.5) is 33.6 Å². The third-order valence-corrected chi connectivity index (χ3v) is 6.08. The SMILES string of the molecule is CC(C)n1c(=O)c(-c2cc(F)c(NS(=O)(=O)CCC(C)(F)F)c(F)c2F)cc2cnc(N)nc21. The van der Waals surface area contributed by atoms with Gasteiger partial charge in [-0.05, 0) is 32.9 Å². The van der Waals surface area contributed by atoms with Crippen molar-refractivity contribution in [3.8, 4) is 11.1 Å². The maximum atomic E-state index is 15.0. The fraction of sp³-hybridized carbons (Fsp3) is 0.350. The van der Waals surface area contributed by atoms with E-state index < -0.39 is 74.0 Å². The van der Waals surface area contributed by atoms with Crippen LogP contribution in [0.2, 0.25) is 0 Å². The molecule has 0 fully saturated rings. The summed E-state index contributed by atoms with van der Waals surface area (Å²) in [5.74, 6) is -9.85. The van der Waals surface area contributed by atoms with Crippen LogP contribution in [0.5, 0.6) is 0 Å². The molecule has 3 N–H and O–H groups in total. The topological polar surface area (TPSA) is 120 Å². The number of rotatable bonds is 7. The smallest absolute Gasteiger partial charge is 0.260 e. The Hall–Kier alpha value is -3.29. The van der Waals surface area contributed by atoms with Crippen molar-refractivity contribution < 1.29 is 30.4 Å². The van der Waals surface area contributed by atoms with E-state index in [9.17, 15) is 35.2 Å². The highest BCUT2D eigenvalue weighted by Crippen LogP contribution is 2.32. The van der Waals surface area contributed by atoms with E-state index in [0.717, 1.165) is 10.6 Å². The molecule has 3 aromatic rings. The minimum absolute atomic E-state index is 0.120. The zero-order chi connectivity index (χ0) is 25.6. The van der Waals surface area contributed by atoms with Crippen LogP contribution >= 0.6 is 0 Å². The molecule has 0 spiro atoms. The van der Waals surface area contributed by atoms with Crippen LogP contribution in [-0.4, -0.2) is 34.6 Å². The minimum Gasteiger partial charge on any atom is -0.368 e. The van der Waals surface area contributed by atoms with Crippen LogP contribution < -0.4 is 16.0 Å². The van der Waals surface area contributed by atoms with Crippen molar-refractivity contribution in [2.45, 2.75) is 39.2 Å². The van der Waals surface area contributed by atoms with Gasteiger partial charge in [-0.3, -0.25) is 14.1 Å². The first kappa shape index (κ1) is 25.3. The Morgan fingerprint density at radius 1 is 1.15 bits per heavy atom. The zero-order valence-corrected chi connectivity index (χ0v) is 19.0. The lowest BCUT2D eigenvalue weighted by molar-refractivity contribution is 0.0189. The van der Waals surface area contributed by atoms with Crippen molar-refractivity contribution in [2.75, 3.05) is 16.2 Å². The molecular formula is C20H20F5N5O3S. The molecule has 0 saturated heterocycles. The summed E-state index contributed by atoms with van der Waals surface area (Å²) < 4.78 is 96.9. The second kappa shape index (κ2) is 8.81. The van der Waals surface area contributed by atoms with Crippen molar-refractivity contribution in [3.05, 3.63) is 46.1 Å². The summed E-state index contributed by atoms with van der Waals surface area (Å²) in [6, 6.07) is 1.06. The summed E-state index contributed by atoms with van der Waals surface area (Å²) in [6.45, 7) is 3.72. The van der Waals surface area contributed by atoms with Gasteiger partial charge < -0.3 is 5.73 Å². The molecule has 0 saturated carbocycles. The predicted octanol–water partition coefficient (Wildman–Crippen LogP) is 3.83. The Bertz CT molecular complexity index is 1440. The van der Waals surface area contributed by atoms with Crippen LogP contribution in [0, 0.1) is 17.5 Å². The highest BCUT2D eigenvalue weighted by Gasteiger charge is 2.28. The molecule has 184 valence electrons. The Labute approximate surface area is 190 Å². The Balaban J connectivity index is 2.16. The van der Waals surface area contributed by atoms with Gasteiger partial charge in [0, 0.05) is 29.6 Å². The Kier molecular flexibility index (Phi) is 6.57. The maximum absolute atomic E-state index is 15.0. The number of fused-ring (bicyclic) bond motifs is 1. The molecule has 34 heavy (non-hydrogen) atoms. The molecule has 0 amide bonds. The van der Waals surface area contributed by atoms with Gasteiger partial charge >= 0.3 is 0 Å². The third-order valence-electron chi connectivity index (χ3n) is 4.82. The average molecular weight is 505 g/mol. The lowest BCUT2D eigenvalue weighted by Gasteiger charge is -2.17. The largest absolute Gasteiger partial charge is 0.368 e. The lowest BCUT2D eigenvalue weighted by Crippen LogP contribution is -2.26. The number of pyridine rings is 1. The molecule has 0 bridgehead atoms. The van der Waals surface area contributed by atoms with Crippen LogP contribution in [0.25, 0.3) is 22.2 Å². The van der Waals surface area contributed by atoms with E-state index in [-0.39, 0.29) is 17.0 Å². The van der Waals surface area contributed by atoms with Crippen LogP contribution in [-0.2, 0) is 10.0 Å². The van der Waals surface area contributed by atoms with Crippen LogP contribution in [0.1, 0.15) is 33.2 Å². The van der Waals surface area contributed by atoms with Crippen LogP contribution in [0.15, 0.2) is 23.1 Å². The van der Waals surface area contributed by atoms with Gasteiger partial charge in [-0.25, -0.2) is 35.4 Å². The van der Waals surface area contributed by atoms with Crippen LogP contribution in [0.3, 0.4) is 0 Å². The summed E-state index contributed by atoms with van der Waals surface area (Å²) in [6.07, 6.45) is 0.126. The van der Waals surface area contributed by atoms with E-state index in [1.807, 2.05) is 0 Å². The average Bonchev–Trinajstić information content (AvgIpc) is 2.71. The van der Waals surface area contributed by atoms with Crippen molar-refractivity contribution in [1.29, 1.82) is 0 Å². The number of benzene rings is 1. The first-order valence-electron chi connectivity index (χ1n) is 9.85. The number of alkyl halides is 2. The number of hydrogen-bond donors (Lipinski definition) is 2. The standard InChI is InChI=1S/C20H20F5N5O3S/c1-9(2)30-17-10(8-27-19(26)28-17)6-12(18(30)31)11-7-13(21)16(15(23)14(11)22)29-34(32,33)5-4-20(3,24)25/h6-9,29H,4-5H2,1-3H3,(H2,26,27,28). The van der Waals surface area contributed by atoms with Gasteiger partial charge in [0.15, 0.2) is 17.5 Å². The molecule has 0 unspecified atom stereocenters. The maximum Gasteiger partial charge on any atom is 0.260 e. The summed E-state index contributed by atoms with van der Waals surface area (Å²) >= 11 is 0. The molecule has 0 aliphatic rings. The summed E-state index contributed by atoms with van der Waals surface area (Å²) in [7, 11) is -4.64. The van der Waals surface area contributed by atoms with Crippen molar-refractivity contribution in [3.63, 3.8) is 0 Å². The fourth-order valence-electron chi connectivity index (χ4n) is 3.21. The Morgan fingerprint density at radius 3 is 2.38 bits per heavy atom. The van der Waals surface area contributed by atoms with E-state index >= 15 is 0 Å². The van der Waals surface area contributed by atoms with E-state index in [1.54, 1.807) is 13.8 Å². The minimum atomic E-state index is -4.64. The third kappa shape index (κ3) is 5.11. The second-order valence-corrected chi connectivity index (χ2v) is 9.83. The molecule has 2 heterocycles. The number of nitrogens with two attached hydrogens (primary N) is 1. The first-order valence-corrected chi connectivity index (χ1v) is 11.5. The van der Waals surface area contributed by atoms with Gasteiger partial charge in [-0.15, -0.1) is 0 Å². The van der Waals surface area contributed by atoms with Gasteiger partial charge in [0.2, 0.25) is 21.9 Å². The number of anilines is 2. The number of sulfonamides is 1. The lowest BCUT2D eigenvalue weighted by atomic mass is 10.0. The molecule has 0 aliphatic heterocycles. The van der Waals surface area contributed by atoms with Gasteiger partial charge in [0.25, 0.3) is 5.56 Å². The molecule has 0 radical (unpaired) electrons. The molecule has 1 aromatic carbocycles. The number of aromatic nitrogens is 3. The monoisotopic (exact) mass is 505 g/mol. The molecule has 14 heteroatoms. The number of halogens is 5. The van der Waals surface area contributed by atoms with Gasteiger partial charge in [0.05, 0.1) is 11.3 Å². The van der Waals surface area contributed by atoms with Gasteiger partial charge in [-0.2, -0.15) is 4.98 Å². The summed E-state index contributed by atoms with van der Waals surface area (Å²) in [4.78, 5) is 20.9. The second-order valence-electron chi connectivity index (χ2n) is 7.98. The van der Waals surface area contributed by atoms with E-state index in [4.69, 9.17) is 5.73 Å². The van der Waals surface area contributed by atoms with Crippen molar-refractivity contribution in [1.82, 2.24) is 14.5 Å². The first-order chi connectivity index (χ1) is 15.6. The highest BCUT2D eigenvalue weighted by atomic mass is 32.2. The van der Waals surface area contributed by atoms with Gasteiger partial charge in [0.1, 0.15) is 11.3 Å². The number of nitrogens with zero attached hydrogens (tertiary/aromatic N) is 3. The van der Waals surface area contributed by atoms with Crippen molar-refractivity contribution >= 4 is 32.7 Å². The predicted molar refractivity (Wildman–Crippen MR) is 117 cm³/mol. The molecular weight excluding hydrogens is 485 g/mol. The summed E-state index contributed by atoms with van der Waals surface area (Å²) in [5, 5.41) is 0.225. The quantitative estimate of drug-likeness (QED) is 0.372. The number of nitrogens with one attached hydrogen (secondary N) is 1. The molecule has 2 aromatic heterocycles. The van der Waals surface area contributed by atoms with E-state index in [2.05, 4.69) is 9.97 Å². The highest BCUT2D eigenvalue weighted by molar-refractivity contribution is 7.92. The Morgan fingerprint density at radius 2 is 1.79 bits per heavy atom. The zero-order valence-electron chi connectivity index (χ0n) is 18.2. The fourth-order valence-corrected chi connectivity index (χ4v) is 4.44. The van der Waals surface area contributed by atoms with E-state index in [0.29, 0.717) is 13.0 Å². The molecule has 3 rings (SSSR count). The molecule has 8 nitrogen and oxygen atoms in total. The number of hydrogen-bond acceptors (Lipinski definition) is 6. The van der Waals surface area contributed by atoms with Gasteiger partial charge in [-0.1, -0.05) is 0 Å². The molecule has 0 aliphatic carbocycles.